The fourth-order valence-corrected chi connectivity index (χ4v) is 6.06. The Balaban J connectivity index is 1.25. The van der Waals surface area contributed by atoms with Crippen molar-refractivity contribution in [3.05, 3.63) is 69.5 Å². The largest absolute Gasteiger partial charge is 0.481 e. The summed E-state index contributed by atoms with van der Waals surface area (Å²) in [6.45, 7) is 2.08. The molecule has 184 valence electrons. The van der Waals surface area contributed by atoms with Crippen LogP contribution in [0.15, 0.2) is 47.0 Å². The van der Waals surface area contributed by atoms with Gasteiger partial charge in [-0.05, 0) is 54.9 Å². The highest BCUT2D eigenvalue weighted by atomic mass is 32.2. The lowest BCUT2D eigenvalue weighted by molar-refractivity contribution is -0.140. The number of carbonyl (C=O) groups excluding carboxylic acids is 1. The Bertz CT molecular complexity index is 1720. The lowest BCUT2D eigenvalue weighted by atomic mass is 10.1. The molecular weight excluding hydrogens is 512 g/mol. The average molecular weight is 531 g/mol. The number of carbonyl (C=O) groups is 2. The number of aromatic nitrogens is 3. The second kappa shape index (κ2) is 8.99. The number of anilines is 1. The molecule has 6 rings (SSSR count). The number of nitrogens with one attached hydrogen (secondary N) is 1. The molecule has 4 heterocycles. The van der Waals surface area contributed by atoms with Crippen LogP contribution in [0.4, 0.5) is 10.5 Å². The fourth-order valence-electron chi connectivity index (χ4n) is 3.85. The number of aryl methyl sites for hydroxylation is 1. The number of ether oxygens (including phenoxy) is 1. The van der Waals surface area contributed by atoms with Crippen molar-refractivity contribution in [2.75, 3.05) is 5.32 Å². The fraction of sp³-hybridized carbons (Fsp3) is 0.192. The maximum atomic E-state index is 12.6. The summed E-state index contributed by atoms with van der Waals surface area (Å²) < 4.78 is 12.0. The van der Waals surface area contributed by atoms with Crippen molar-refractivity contribution in [1.82, 2.24) is 15.0 Å². The van der Waals surface area contributed by atoms with E-state index in [0.29, 0.717) is 45.3 Å². The number of aliphatic carboxylic acids is 1. The summed E-state index contributed by atoms with van der Waals surface area (Å²) in [4.78, 5) is 37.3. The van der Waals surface area contributed by atoms with Crippen LogP contribution < -0.4 is 5.32 Å². The van der Waals surface area contributed by atoms with E-state index in [4.69, 9.17) is 9.15 Å². The van der Waals surface area contributed by atoms with E-state index in [1.54, 1.807) is 18.3 Å². The molecule has 0 aliphatic heterocycles. The van der Waals surface area contributed by atoms with Crippen LogP contribution in [-0.4, -0.2) is 32.1 Å². The highest BCUT2D eigenvalue weighted by Crippen LogP contribution is 2.51. The molecule has 1 aliphatic rings. The molecular formula is C26H18N4O5S2. The minimum Gasteiger partial charge on any atom is -0.481 e. The van der Waals surface area contributed by atoms with E-state index in [1.165, 1.54) is 22.7 Å². The third-order valence-corrected chi connectivity index (χ3v) is 8.44. The number of furan rings is 1. The Morgan fingerprint density at radius 3 is 2.76 bits per heavy atom. The summed E-state index contributed by atoms with van der Waals surface area (Å²) in [6.07, 6.45) is 2.14. The van der Waals surface area contributed by atoms with Gasteiger partial charge in [-0.3, -0.25) is 10.1 Å². The number of carboxylic acids is 1. The normalized spacial score (nSPS) is 13.8. The Morgan fingerprint density at radius 2 is 2.00 bits per heavy atom. The van der Waals surface area contributed by atoms with Gasteiger partial charge in [0.15, 0.2) is 10.7 Å². The molecule has 0 bridgehead atoms. The monoisotopic (exact) mass is 530 g/mol. The molecule has 1 saturated carbocycles. The number of rotatable bonds is 5. The van der Waals surface area contributed by atoms with Crippen molar-refractivity contribution in [1.29, 1.82) is 0 Å². The highest BCUT2D eigenvalue weighted by molar-refractivity contribution is 7.38. The zero-order valence-electron chi connectivity index (χ0n) is 19.4. The molecule has 9 nitrogen and oxygen atoms in total. The highest BCUT2D eigenvalue weighted by Gasteiger charge is 2.54. The molecule has 2 N–H and O–H groups in total. The topological polar surface area (TPSA) is 127 Å². The summed E-state index contributed by atoms with van der Waals surface area (Å²) in [7, 11) is 0. The van der Waals surface area contributed by atoms with Gasteiger partial charge in [0.25, 0.3) is 0 Å². The molecule has 0 spiro atoms. The first-order valence-electron chi connectivity index (χ1n) is 11.3. The molecule has 5 aromatic rings. The number of benzene rings is 1. The number of hydrogen-bond donors (Lipinski definition) is 2. The van der Waals surface area contributed by atoms with E-state index in [9.17, 15) is 14.7 Å². The Morgan fingerprint density at radius 1 is 1.16 bits per heavy atom. The lowest BCUT2D eigenvalue weighted by Crippen LogP contribution is -2.18. The van der Waals surface area contributed by atoms with E-state index in [2.05, 4.69) is 32.1 Å². The summed E-state index contributed by atoms with van der Waals surface area (Å²) in [5.74, 6) is 5.28. The summed E-state index contributed by atoms with van der Waals surface area (Å²) in [5.41, 5.74) is 2.27. The van der Waals surface area contributed by atoms with Gasteiger partial charge >= 0.3 is 12.1 Å². The maximum absolute atomic E-state index is 12.6. The third-order valence-electron chi connectivity index (χ3n) is 6.14. The third kappa shape index (κ3) is 4.30. The predicted molar refractivity (Wildman–Crippen MR) is 139 cm³/mol. The van der Waals surface area contributed by atoms with E-state index in [-0.39, 0.29) is 12.4 Å². The second-order valence-corrected chi connectivity index (χ2v) is 10.8. The van der Waals surface area contributed by atoms with Crippen LogP contribution in [0.1, 0.15) is 39.7 Å². The number of amides is 1. The molecule has 0 atom stereocenters. The minimum atomic E-state index is -0.855. The van der Waals surface area contributed by atoms with Gasteiger partial charge in [0, 0.05) is 6.20 Å². The van der Waals surface area contributed by atoms with Crippen molar-refractivity contribution in [3.63, 3.8) is 0 Å². The summed E-state index contributed by atoms with van der Waals surface area (Å²) >= 11 is 2.68. The molecule has 1 amide bonds. The zero-order chi connectivity index (χ0) is 25.6. The molecule has 1 aromatic carbocycles. The van der Waals surface area contributed by atoms with Crippen molar-refractivity contribution in [2.45, 2.75) is 31.8 Å². The van der Waals surface area contributed by atoms with E-state index >= 15 is 0 Å². The van der Waals surface area contributed by atoms with Crippen LogP contribution in [-0.2, 0) is 21.6 Å². The van der Waals surface area contributed by atoms with Crippen molar-refractivity contribution < 1.29 is 23.8 Å². The van der Waals surface area contributed by atoms with Crippen molar-refractivity contribution in [2.24, 2.45) is 0 Å². The number of carboxylic acid groups (broad SMARTS) is 1. The Hall–Kier alpha value is -4.27. The molecule has 0 radical (unpaired) electrons. The average Bonchev–Trinajstić information content (AvgIpc) is 3.32. The molecule has 0 saturated heterocycles. The van der Waals surface area contributed by atoms with Crippen LogP contribution in [0.3, 0.4) is 0 Å². The van der Waals surface area contributed by atoms with E-state index < -0.39 is 17.5 Å². The van der Waals surface area contributed by atoms with Crippen LogP contribution >= 0.6 is 22.7 Å². The van der Waals surface area contributed by atoms with Gasteiger partial charge in [0.2, 0.25) is 11.5 Å². The van der Waals surface area contributed by atoms with Gasteiger partial charge in [0.05, 0.1) is 5.39 Å². The Labute approximate surface area is 218 Å². The van der Waals surface area contributed by atoms with Gasteiger partial charge < -0.3 is 14.3 Å². The van der Waals surface area contributed by atoms with Crippen LogP contribution in [0, 0.1) is 18.8 Å². The van der Waals surface area contributed by atoms with Gasteiger partial charge in [-0.25, -0.2) is 19.7 Å². The van der Waals surface area contributed by atoms with Gasteiger partial charge in [-0.1, -0.05) is 35.6 Å². The second-order valence-electron chi connectivity index (χ2n) is 8.58. The molecule has 4 aromatic heterocycles. The first-order valence-corrected chi connectivity index (χ1v) is 13.0. The number of hydrogen-bond acceptors (Lipinski definition) is 9. The SMILES string of the molecule is Cc1ccccc1COC(=O)Nc1c(C#Cc2nc3nc(C4(C(=O)O)CC4)sc3s2)oc2ncccc12. The maximum Gasteiger partial charge on any atom is 0.412 e. The van der Waals surface area contributed by atoms with E-state index in [0.717, 1.165) is 15.1 Å². The first-order chi connectivity index (χ1) is 17.9. The van der Waals surface area contributed by atoms with Crippen LogP contribution in [0.5, 0.6) is 0 Å². The van der Waals surface area contributed by atoms with E-state index in [1.807, 2.05) is 31.2 Å². The standard InChI is InChI=1S/C26H18N4O5S2/c1-14-5-2-3-6-15(14)13-34-25(33)29-19-16-7-4-12-27-21(16)35-17(19)8-9-18-28-20-22(36-18)37-23(30-20)26(10-11-26)24(31)32/h2-7,12H,10-11,13H2,1H3,(H,29,33)(H,31,32). The van der Waals surface area contributed by atoms with Gasteiger partial charge in [-0.2, -0.15) is 0 Å². The number of nitrogens with zero attached hydrogens (tertiary/aromatic N) is 3. The smallest absolute Gasteiger partial charge is 0.412 e. The quantitative estimate of drug-likeness (QED) is 0.287. The van der Waals surface area contributed by atoms with Crippen molar-refractivity contribution in [3.8, 4) is 11.8 Å². The van der Waals surface area contributed by atoms with Gasteiger partial charge in [0.1, 0.15) is 26.7 Å². The Kier molecular flexibility index (Phi) is 5.62. The van der Waals surface area contributed by atoms with Crippen LogP contribution in [0.25, 0.3) is 20.8 Å². The first kappa shape index (κ1) is 23.1. The number of fused-ring (bicyclic) bond motifs is 2. The molecule has 11 heteroatoms. The summed E-state index contributed by atoms with van der Waals surface area (Å²) in [5, 5.41) is 13.9. The summed E-state index contributed by atoms with van der Waals surface area (Å²) in [6, 6.07) is 11.2. The minimum absolute atomic E-state index is 0.127. The van der Waals surface area contributed by atoms with Crippen LogP contribution in [0.2, 0.25) is 0 Å². The molecule has 1 fully saturated rings. The number of pyridine rings is 1. The predicted octanol–water partition coefficient (Wildman–Crippen LogP) is 5.47. The lowest BCUT2D eigenvalue weighted by Gasteiger charge is -2.08. The molecule has 37 heavy (non-hydrogen) atoms. The van der Waals surface area contributed by atoms with Gasteiger partial charge in [-0.15, -0.1) is 11.3 Å². The number of thiazole rings is 2. The molecule has 1 aliphatic carbocycles. The zero-order valence-corrected chi connectivity index (χ0v) is 21.0. The van der Waals surface area contributed by atoms with Crippen molar-refractivity contribution >= 4 is 61.2 Å². The molecule has 0 unspecified atom stereocenters.